The molecule has 0 aromatic carbocycles. The molecule has 0 bridgehead atoms. The van der Waals surface area contributed by atoms with Crippen molar-refractivity contribution in [2.24, 2.45) is 11.5 Å². The van der Waals surface area contributed by atoms with Gasteiger partial charge in [0.05, 0.1) is 89.3 Å². The highest BCUT2D eigenvalue weighted by atomic mass is 31.3. The number of nitrogens with two attached hydrogens (primary N) is 2. The van der Waals surface area contributed by atoms with Crippen LogP contribution in [-0.4, -0.2) is 330 Å². The number of phosphoric ester groups is 4. The van der Waals surface area contributed by atoms with Gasteiger partial charge in [0.2, 0.25) is 31.2 Å². The van der Waals surface area contributed by atoms with Gasteiger partial charge in [-0.25, -0.2) is 22.6 Å². The van der Waals surface area contributed by atoms with Gasteiger partial charge in [0.1, 0.15) is 97.4 Å². The molecule has 4 fully saturated rings. The van der Waals surface area contributed by atoms with E-state index in [9.17, 15) is 142 Å². The second kappa shape index (κ2) is 74.0. The van der Waals surface area contributed by atoms with Gasteiger partial charge in [-0.2, -0.15) is 4.31 Å². The minimum atomic E-state index is -5.66. The molecule has 48 nitrogen and oxygen atoms in total. The molecule has 838 valence electrons. The zero-order chi connectivity index (χ0) is 104. The summed E-state index contributed by atoms with van der Waals surface area (Å²) in [5, 5.41) is 140. The molecule has 0 radical (unpaired) electrons. The lowest BCUT2D eigenvalue weighted by molar-refractivity contribution is -0.294. The minimum Gasteiger partial charge on any atom is -0.394 e. The molecular weight excluding hydrogens is 1990 g/mol. The molecule has 4 aliphatic rings. The summed E-state index contributed by atoms with van der Waals surface area (Å²) in [6.45, 7) is 3.48. The number of ether oxygens (including phenoxy) is 6. The summed E-state index contributed by atoms with van der Waals surface area (Å²) < 4.78 is 130. The average molecular weight is 2170 g/mol. The van der Waals surface area contributed by atoms with Gasteiger partial charge in [0, 0.05) is 13.1 Å². The lowest BCUT2D eigenvalue weighted by atomic mass is 9.95. The van der Waals surface area contributed by atoms with E-state index in [1.165, 1.54) is 64.2 Å². The van der Waals surface area contributed by atoms with Gasteiger partial charge >= 0.3 is 38.9 Å². The molecule has 4 amide bonds. The van der Waals surface area contributed by atoms with Crippen LogP contribution < -0.4 is 32.7 Å². The van der Waals surface area contributed by atoms with Crippen LogP contribution in [0.1, 0.15) is 325 Å². The number of unbranched alkanes of at least 4 members (excludes halogenated alkanes) is 32. The molecule has 0 aromatic heterocycles. The maximum Gasteiger partial charge on any atom is 0.481 e. The Balaban J connectivity index is 0.00000139. The number of aliphatic hydroxyl groups is 12. The summed E-state index contributed by atoms with van der Waals surface area (Å²) in [6, 6.07) is -7.10. The van der Waals surface area contributed by atoms with Crippen molar-refractivity contribution in [2.45, 2.75) is 472 Å². The molecule has 0 aliphatic carbocycles. The van der Waals surface area contributed by atoms with Crippen molar-refractivity contribution in [3.05, 3.63) is 0 Å². The Morgan fingerprint density at radius 1 is 0.348 bits per heavy atom. The van der Waals surface area contributed by atoms with E-state index < -0.39 is 288 Å². The molecule has 4 aliphatic heterocycles. The number of phosphoric acid groups is 4. The first-order chi connectivity index (χ1) is 65.6. The smallest absolute Gasteiger partial charge is 0.394 e. The van der Waals surface area contributed by atoms with Crippen LogP contribution in [0.3, 0.4) is 0 Å². The monoisotopic (exact) mass is 2170 g/mol. The third-order valence-corrected chi connectivity index (χ3v) is 30.6. The van der Waals surface area contributed by atoms with E-state index in [1.807, 2.05) is 0 Å². The first kappa shape index (κ1) is 137. The Bertz CT molecular complexity index is 3640. The van der Waals surface area contributed by atoms with Crippen LogP contribution in [0, 0.1) is 0 Å². The van der Waals surface area contributed by atoms with Crippen LogP contribution in [0.15, 0.2) is 0 Å². The van der Waals surface area contributed by atoms with Gasteiger partial charge in [-0.1, -0.05) is 274 Å². The lowest BCUT2D eigenvalue weighted by Crippen LogP contribution is -2.67. The Morgan fingerprint density at radius 2 is 0.617 bits per heavy atom. The molecule has 4 heterocycles. The largest absolute Gasteiger partial charge is 0.481 e. The van der Waals surface area contributed by atoms with Crippen LogP contribution in [0.4, 0.5) is 0 Å². The molecule has 28 N–H and O–H groups in total. The van der Waals surface area contributed by atoms with Crippen molar-refractivity contribution < 1.29 is 202 Å². The third kappa shape index (κ3) is 58.4. The SMILES string of the molecule is C.C.C=P(O)(O)O[C@H]1OC(CO[C@@H]2OC(CO)[C@@H](OP(=O)(O)OP(=O)(O)OCCN)[C@H](O)C2NC(=O)C[C@H](O)CCCCCCCCCCC)[C@@H](O)[C@H](O)C1NC(=O)C[C@H](O)CCCCCCCCCCC.CCCCCCCCCCC[C@@H](O)CC(=O)NC1[C@@H](OP(=O)(O)OP(=O)(O)CCN)OC(CO[C@@H]2OC(CO)[C@@H](OP(=O)(O)O)[C@H](O)C2NC(=O)C[C@H](O)CCCCCCCCCCC)[C@@H](O)[C@@H]1O. The van der Waals surface area contributed by atoms with E-state index in [4.69, 9.17) is 58.0 Å². The normalized spacial score (nSPS) is 27.6. The van der Waals surface area contributed by atoms with Gasteiger partial charge < -0.3 is 162 Å². The van der Waals surface area contributed by atoms with Crippen molar-refractivity contribution in [3.63, 3.8) is 0 Å². The van der Waals surface area contributed by atoms with Gasteiger partial charge in [0.15, 0.2) is 25.2 Å². The fourth-order valence-corrected chi connectivity index (χ4v) is 22.3. The van der Waals surface area contributed by atoms with Crippen molar-refractivity contribution >= 4 is 76.4 Å². The number of aliphatic hydroxyl groups excluding tert-OH is 12. The highest BCUT2D eigenvalue weighted by molar-refractivity contribution is 7.64. The van der Waals surface area contributed by atoms with E-state index >= 15 is 0 Å². The maximum atomic E-state index is 13.4. The highest BCUT2D eigenvalue weighted by Gasteiger charge is 2.56. The first-order valence-electron chi connectivity index (χ1n) is 49.4. The van der Waals surface area contributed by atoms with Crippen molar-refractivity contribution in [3.8, 4) is 0 Å². The molecule has 4 saturated heterocycles. The number of nitrogens with one attached hydrogen (secondary N) is 4. The topological polar surface area (TPSA) is 778 Å². The Kier molecular flexibility index (Phi) is 71.9. The highest BCUT2D eigenvalue weighted by Crippen LogP contribution is 2.62. The Hall–Kier alpha value is -2.07. The average Bonchev–Trinajstić information content (AvgIpc) is 0.759. The van der Waals surface area contributed by atoms with Gasteiger partial charge in [-0.05, 0) is 32.0 Å². The zero-order valence-corrected chi connectivity index (χ0v) is 86.5. The third-order valence-electron chi connectivity index (χ3n) is 23.8. The number of rotatable bonds is 77. The summed E-state index contributed by atoms with van der Waals surface area (Å²) in [4.78, 5) is 133. The van der Waals surface area contributed by atoms with Gasteiger partial charge in [0.25, 0.3) is 0 Å². The second-order valence-corrected chi connectivity index (χ2v) is 45.5. The number of hydrogen-bond donors (Lipinski definition) is 26. The van der Waals surface area contributed by atoms with E-state index in [0.29, 0.717) is 32.1 Å². The molecule has 54 heteroatoms. The fraction of sp³-hybridized carbons (Fsp3) is 0.943. The predicted molar refractivity (Wildman–Crippen MR) is 521 cm³/mol. The van der Waals surface area contributed by atoms with Crippen molar-refractivity contribution in [1.29, 1.82) is 0 Å². The standard InChI is InChI=1S/C43H86N3O21P3.C42H84N3O21P3.2CH4/c1-4-6-8-10-12-14-16-18-20-22-30(48)26-34(50)45-36-39(53)38(52)33(64-43(36)66-68(3,55)56)29-61-42-37(46-35(51)27-31(49)23-21-19-17-15-13-11-9-7-5-2)40(54)41(32(28-47)63-42)65-70(59,60)67-69(57,58)62-25-24-44;1-3-5-7-9-11-13-15-17-19-21-29(47)25-33(49)44-35-38(52)37(51)32(63-42(35)65-69(59,60)66-67(54,55)24-23-43)28-61-41-36(39(53)40(31(27-46)62-41)64-68(56,57)58)45-34(50)26-30(48)22-20-18-16-14-12-10-8-6-4-2;;/h30-33,36-43,47-49,52-56H,3-29,44H2,1-2H3,(H,45,50)(H,46,51)(H,57,58)(H,59,60);29-32,35-42,46-48,51-53H,3-28,43H2,1-2H3,(H,44,49)(H,45,50)(H,54,55)(H,59,60)(H2,56,57,58);2*1H4/t30-,31-,32?,33?,36?,37?,38-,39-,40-,41-,42-,43-;29-,30-,31?,32?,35?,36?,37-,38-,39-,40-,41-,42-;;/m11../s1. The Morgan fingerprint density at radius 3 is 0.894 bits per heavy atom. The second-order valence-electron chi connectivity index (χ2n) is 36.3. The fourth-order valence-electron chi connectivity index (χ4n) is 16.3. The van der Waals surface area contributed by atoms with Gasteiger partial charge in [-0.3, -0.25) is 46.4 Å². The number of amides is 4. The number of carbonyl (C=O) groups is 4. The van der Waals surface area contributed by atoms with E-state index in [1.54, 1.807) is 0 Å². The Labute approximate surface area is 831 Å². The summed E-state index contributed by atoms with van der Waals surface area (Å²) in [5.74, 6) is -3.43. The lowest BCUT2D eigenvalue weighted by Gasteiger charge is -2.46. The van der Waals surface area contributed by atoms with E-state index in [0.717, 1.165) is 141 Å². The summed E-state index contributed by atoms with van der Waals surface area (Å²) >= 11 is 0. The summed E-state index contributed by atoms with van der Waals surface area (Å²) in [6.07, 6.45) is 3.17. The molecule has 0 aromatic rings. The van der Waals surface area contributed by atoms with Crippen molar-refractivity contribution in [2.75, 3.05) is 52.3 Å². The van der Waals surface area contributed by atoms with Gasteiger partial charge in [-0.15, -0.1) is 0 Å². The van der Waals surface area contributed by atoms with Crippen LogP contribution in [-0.2, 0) is 102 Å². The van der Waals surface area contributed by atoms with E-state index in [-0.39, 0.29) is 40.7 Å². The molecule has 0 saturated carbocycles. The molecule has 12 unspecified atom stereocenters. The predicted octanol–water partition coefficient (Wildman–Crippen LogP) is 6.48. The van der Waals surface area contributed by atoms with Crippen molar-refractivity contribution in [1.82, 2.24) is 21.3 Å². The van der Waals surface area contributed by atoms with Crippen LogP contribution in [0.2, 0.25) is 0 Å². The van der Waals surface area contributed by atoms with Crippen LogP contribution >= 0.6 is 46.5 Å². The molecular formula is C87H178N6O42P6. The van der Waals surface area contributed by atoms with E-state index in [2.05, 4.69) is 68.4 Å². The molecule has 141 heavy (non-hydrogen) atoms. The summed E-state index contributed by atoms with van der Waals surface area (Å²) in [5.41, 5.74) is 10.6. The van der Waals surface area contributed by atoms with Crippen LogP contribution in [0.5, 0.6) is 0 Å². The molecule has 28 atom stereocenters. The molecule has 4 rings (SSSR count). The first-order valence-corrected chi connectivity index (χ1v) is 59.0. The van der Waals surface area contributed by atoms with Crippen LogP contribution in [0.25, 0.3) is 0 Å². The molecule has 0 spiro atoms. The zero-order valence-electron chi connectivity index (χ0n) is 81.1. The summed E-state index contributed by atoms with van der Waals surface area (Å²) in [7, 11) is -31.2. The quantitative estimate of drug-likeness (QED) is 0.0229. The minimum absolute atomic E-state index is 0. The number of carbonyl (C=O) groups excluding carboxylic acids is 4. The maximum absolute atomic E-state index is 13.4. The number of hydrogen-bond acceptors (Lipinski definition) is 38.